The number of hydrogen-bond donors (Lipinski definition) is 1. The van der Waals surface area contributed by atoms with Gasteiger partial charge in [-0.25, -0.2) is 0 Å². The number of hydrogen-bond acceptors (Lipinski definition) is 1. The SMILES string of the molecule is C=C/C(=C(\N)C(C)C)C(C)C. The van der Waals surface area contributed by atoms with Gasteiger partial charge in [-0.2, -0.15) is 0 Å². The monoisotopic (exact) mass is 153 g/mol. The van der Waals surface area contributed by atoms with Gasteiger partial charge in [0.15, 0.2) is 0 Å². The molecule has 1 heteroatoms. The largest absolute Gasteiger partial charge is 0.402 e. The van der Waals surface area contributed by atoms with Crippen LogP contribution in [0.5, 0.6) is 0 Å². The van der Waals surface area contributed by atoms with E-state index in [1.807, 2.05) is 6.08 Å². The Bertz CT molecular complexity index is 164. The minimum Gasteiger partial charge on any atom is -0.402 e. The maximum Gasteiger partial charge on any atom is 0.0141 e. The summed E-state index contributed by atoms with van der Waals surface area (Å²) < 4.78 is 0. The van der Waals surface area contributed by atoms with Crippen molar-refractivity contribution in [3.63, 3.8) is 0 Å². The van der Waals surface area contributed by atoms with Crippen LogP contribution in [0.3, 0.4) is 0 Å². The number of nitrogens with two attached hydrogens (primary N) is 1. The standard InChI is InChI=1S/C10H19N/c1-6-9(7(2)3)10(11)8(4)5/h6-8H,1,11H2,2-5H3/b10-9+. The summed E-state index contributed by atoms with van der Waals surface area (Å²) >= 11 is 0. The van der Waals surface area contributed by atoms with E-state index in [4.69, 9.17) is 5.73 Å². The Balaban J connectivity index is 4.68. The Morgan fingerprint density at radius 1 is 1.18 bits per heavy atom. The van der Waals surface area contributed by atoms with Crippen molar-refractivity contribution in [2.75, 3.05) is 0 Å². The van der Waals surface area contributed by atoms with Crippen LogP contribution in [0.15, 0.2) is 23.9 Å². The summed E-state index contributed by atoms with van der Waals surface area (Å²) in [5.74, 6) is 0.903. The van der Waals surface area contributed by atoms with E-state index in [1.54, 1.807) is 0 Å². The van der Waals surface area contributed by atoms with E-state index >= 15 is 0 Å². The Morgan fingerprint density at radius 2 is 1.64 bits per heavy atom. The second-order valence-electron chi connectivity index (χ2n) is 3.42. The zero-order valence-corrected chi connectivity index (χ0v) is 8.02. The molecule has 0 bridgehead atoms. The molecule has 2 N–H and O–H groups in total. The molecule has 0 aliphatic heterocycles. The van der Waals surface area contributed by atoms with Gasteiger partial charge in [0.2, 0.25) is 0 Å². The molecule has 0 fully saturated rings. The molecule has 0 unspecified atom stereocenters. The fourth-order valence-electron chi connectivity index (χ4n) is 1.02. The molecule has 11 heavy (non-hydrogen) atoms. The lowest BCUT2D eigenvalue weighted by Gasteiger charge is -2.14. The molecule has 0 aromatic heterocycles. The van der Waals surface area contributed by atoms with E-state index in [1.165, 1.54) is 5.57 Å². The average Bonchev–Trinajstić information content (AvgIpc) is 1.88. The summed E-state index contributed by atoms with van der Waals surface area (Å²) in [6.07, 6.45) is 1.86. The molecule has 64 valence electrons. The summed E-state index contributed by atoms with van der Waals surface area (Å²) in [5, 5.41) is 0. The molecule has 0 saturated heterocycles. The first-order valence-corrected chi connectivity index (χ1v) is 4.12. The third kappa shape index (κ3) is 2.79. The maximum absolute atomic E-state index is 5.88. The molecule has 1 nitrogen and oxygen atoms in total. The normalized spacial score (nSPS) is 13.6. The molecule has 0 amide bonds. The van der Waals surface area contributed by atoms with E-state index < -0.39 is 0 Å². The van der Waals surface area contributed by atoms with Gasteiger partial charge in [-0.1, -0.05) is 40.3 Å². The molecule has 0 aliphatic rings. The summed E-state index contributed by atoms with van der Waals surface area (Å²) in [5.41, 5.74) is 8.03. The fraction of sp³-hybridized carbons (Fsp3) is 0.600. The topological polar surface area (TPSA) is 26.0 Å². The van der Waals surface area contributed by atoms with E-state index in [0.29, 0.717) is 11.8 Å². The first kappa shape index (κ1) is 10.3. The Morgan fingerprint density at radius 3 is 1.73 bits per heavy atom. The van der Waals surface area contributed by atoms with Crippen LogP contribution >= 0.6 is 0 Å². The van der Waals surface area contributed by atoms with Crippen molar-refractivity contribution in [3.05, 3.63) is 23.9 Å². The van der Waals surface area contributed by atoms with Gasteiger partial charge in [-0.3, -0.25) is 0 Å². The van der Waals surface area contributed by atoms with E-state index in [9.17, 15) is 0 Å². The molecular formula is C10H19N. The van der Waals surface area contributed by atoms with Gasteiger partial charge < -0.3 is 5.73 Å². The first-order chi connectivity index (χ1) is 5.00. The minimum absolute atomic E-state index is 0.422. The zero-order chi connectivity index (χ0) is 9.02. The molecule has 0 spiro atoms. The van der Waals surface area contributed by atoms with Crippen molar-refractivity contribution in [2.24, 2.45) is 17.6 Å². The van der Waals surface area contributed by atoms with Gasteiger partial charge >= 0.3 is 0 Å². The van der Waals surface area contributed by atoms with Gasteiger partial charge in [0, 0.05) is 5.70 Å². The smallest absolute Gasteiger partial charge is 0.0141 e. The molecule has 0 aromatic carbocycles. The van der Waals surface area contributed by atoms with E-state index in [2.05, 4.69) is 34.3 Å². The van der Waals surface area contributed by atoms with Crippen molar-refractivity contribution in [3.8, 4) is 0 Å². The van der Waals surface area contributed by atoms with Crippen LogP contribution in [-0.4, -0.2) is 0 Å². The highest BCUT2D eigenvalue weighted by molar-refractivity contribution is 5.24. The lowest BCUT2D eigenvalue weighted by molar-refractivity contribution is 0.697. The third-order valence-corrected chi connectivity index (χ3v) is 1.80. The van der Waals surface area contributed by atoms with Crippen molar-refractivity contribution in [1.82, 2.24) is 0 Å². The lowest BCUT2D eigenvalue weighted by atomic mass is 9.96. The number of rotatable bonds is 3. The predicted molar refractivity (Wildman–Crippen MR) is 51.1 cm³/mol. The van der Waals surface area contributed by atoms with Crippen LogP contribution in [0.25, 0.3) is 0 Å². The summed E-state index contributed by atoms with van der Waals surface area (Å²) in [7, 11) is 0. The Kier molecular flexibility index (Phi) is 3.94. The van der Waals surface area contributed by atoms with Crippen molar-refractivity contribution in [2.45, 2.75) is 27.7 Å². The summed E-state index contributed by atoms with van der Waals surface area (Å²) in [6.45, 7) is 12.2. The highest BCUT2D eigenvalue weighted by Crippen LogP contribution is 2.17. The molecule has 0 saturated carbocycles. The highest BCUT2D eigenvalue weighted by Gasteiger charge is 2.06. The van der Waals surface area contributed by atoms with Gasteiger partial charge in [0.05, 0.1) is 0 Å². The molecule has 0 heterocycles. The van der Waals surface area contributed by atoms with Crippen molar-refractivity contribution < 1.29 is 0 Å². The van der Waals surface area contributed by atoms with Gasteiger partial charge in [0.25, 0.3) is 0 Å². The van der Waals surface area contributed by atoms with Crippen molar-refractivity contribution in [1.29, 1.82) is 0 Å². The average molecular weight is 153 g/mol. The molecule has 0 aliphatic carbocycles. The van der Waals surface area contributed by atoms with Gasteiger partial charge in [0.1, 0.15) is 0 Å². The molecule has 0 atom stereocenters. The Hall–Kier alpha value is -0.720. The van der Waals surface area contributed by atoms with Gasteiger partial charge in [-0.15, -0.1) is 0 Å². The van der Waals surface area contributed by atoms with Crippen LogP contribution in [0.1, 0.15) is 27.7 Å². The minimum atomic E-state index is 0.422. The van der Waals surface area contributed by atoms with Crippen LogP contribution in [0, 0.1) is 11.8 Å². The van der Waals surface area contributed by atoms with E-state index in [-0.39, 0.29) is 0 Å². The first-order valence-electron chi connectivity index (χ1n) is 4.12. The molecular weight excluding hydrogens is 134 g/mol. The van der Waals surface area contributed by atoms with Crippen LogP contribution < -0.4 is 5.73 Å². The molecule has 0 rings (SSSR count). The summed E-state index contributed by atoms with van der Waals surface area (Å²) in [6, 6.07) is 0. The maximum atomic E-state index is 5.88. The van der Waals surface area contributed by atoms with Crippen LogP contribution in [0.2, 0.25) is 0 Å². The zero-order valence-electron chi connectivity index (χ0n) is 8.02. The number of allylic oxidation sites excluding steroid dienone is 3. The third-order valence-electron chi connectivity index (χ3n) is 1.80. The van der Waals surface area contributed by atoms with Crippen LogP contribution in [-0.2, 0) is 0 Å². The fourth-order valence-corrected chi connectivity index (χ4v) is 1.02. The van der Waals surface area contributed by atoms with E-state index in [0.717, 1.165) is 5.70 Å². The van der Waals surface area contributed by atoms with Crippen molar-refractivity contribution >= 4 is 0 Å². The summed E-state index contributed by atoms with van der Waals surface area (Å²) in [4.78, 5) is 0. The molecule has 0 aromatic rings. The van der Waals surface area contributed by atoms with Crippen LogP contribution in [0.4, 0.5) is 0 Å². The lowest BCUT2D eigenvalue weighted by Crippen LogP contribution is -2.11. The second-order valence-corrected chi connectivity index (χ2v) is 3.42. The highest BCUT2D eigenvalue weighted by atomic mass is 14.6. The second kappa shape index (κ2) is 4.22. The molecule has 0 radical (unpaired) electrons. The quantitative estimate of drug-likeness (QED) is 0.620. The van der Waals surface area contributed by atoms with Gasteiger partial charge in [-0.05, 0) is 17.4 Å². The predicted octanol–water partition coefficient (Wildman–Crippen LogP) is 2.70. The Labute approximate surface area is 70.0 Å².